The van der Waals surface area contributed by atoms with Crippen LogP contribution in [0.1, 0.15) is 17.1 Å². The van der Waals surface area contributed by atoms with Crippen LogP contribution in [0.3, 0.4) is 0 Å². The minimum Gasteiger partial charge on any atom is -0.475 e. The van der Waals surface area contributed by atoms with Gasteiger partial charge in [-0.05, 0) is 13.1 Å². The number of furan rings is 1. The molecule has 0 aliphatic carbocycles. The topological polar surface area (TPSA) is 115 Å². The van der Waals surface area contributed by atoms with E-state index in [4.69, 9.17) is 29.2 Å². The largest absolute Gasteiger partial charge is 0.490 e. The van der Waals surface area contributed by atoms with E-state index in [2.05, 4.69) is 32.5 Å². The molecule has 2 aliphatic rings. The van der Waals surface area contributed by atoms with Crippen LogP contribution < -0.4 is 0 Å². The fourth-order valence-electron chi connectivity index (χ4n) is 3.45. The van der Waals surface area contributed by atoms with Gasteiger partial charge in [-0.2, -0.15) is 26.3 Å². The fraction of sp³-hybridized carbons (Fsp3) is 0.571. The number of hydrogen-bond acceptors (Lipinski definition) is 7. The fourth-order valence-corrected chi connectivity index (χ4v) is 3.45. The van der Waals surface area contributed by atoms with Crippen LogP contribution in [0.25, 0.3) is 0 Å². The van der Waals surface area contributed by atoms with E-state index < -0.39 is 24.3 Å². The predicted octanol–water partition coefficient (Wildman–Crippen LogP) is 2.51. The summed E-state index contributed by atoms with van der Waals surface area (Å²) in [4.78, 5) is 30.0. The second-order valence-corrected chi connectivity index (χ2v) is 8.37. The van der Waals surface area contributed by atoms with E-state index in [-0.39, 0.29) is 0 Å². The number of carboxylic acids is 2. The zero-order valence-corrected chi connectivity index (χ0v) is 19.8. The molecule has 4 rings (SSSR count). The maximum atomic E-state index is 10.6. The molecule has 0 radical (unpaired) electrons. The van der Waals surface area contributed by atoms with Gasteiger partial charge in [0.15, 0.2) is 0 Å². The highest BCUT2D eigenvalue weighted by atomic mass is 19.4. The molecule has 0 bridgehead atoms. The Bertz CT molecular complexity index is 977. The summed E-state index contributed by atoms with van der Waals surface area (Å²) in [6.45, 7) is 9.56. The zero-order chi connectivity index (χ0) is 27.8. The Morgan fingerprint density at radius 2 is 1.46 bits per heavy atom. The number of carboxylic acid groups (broad SMARTS) is 2. The smallest absolute Gasteiger partial charge is 0.475 e. The van der Waals surface area contributed by atoms with Crippen molar-refractivity contribution in [2.45, 2.75) is 38.5 Å². The molecular formula is C21H27F6N5O5. The van der Waals surface area contributed by atoms with Crippen molar-refractivity contribution in [3.8, 4) is 0 Å². The molecule has 1 fully saturated rings. The molecule has 0 saturated carbocycles. The van der Waals surface area contributed by atoms with Gasteiger partial charge in [-0.1, -0.05) is 0 Å². The van der Waals surface area contributed by atoms with Crippen LogP contribution in [0.4, 0.5) is 26.3 Å². The van der Waals surface area contributed by atoms with Gasteiger partial charge in [-0.25, -0.2) is 14.6 Å². The summed E-state index contributed by atoms with van der Waals surface area (Å²) in [5.74, 6) is -4.32. The first-order valence-electron chi connectivity index (χ1n) is 10.9. The first kappa shape index (κ1) is 30.1. The summed E-state index contributed by atoms with van der Waals surface area (Å²) in [6.07, 6.45) is -4.34. The van der Waals surface area contributed by atoms with Crippen LogP contribution in [0.15, 0.2) is 29.2 Å². The van der Waals surface area contributed by atoms with Crippen LogP contribution in [-0.2, 0) is 35.8 Å². The molecule has 2 aromatic rings. The third kappa shape index (κ3) is 10.4. The summed E-state index contributed by atoms with van der Waals surface area (Å²) < 4.78 is 71.0. The monoisotopic (exact) mass is 543 g/mol. The second kappa shape index (κ2) is 12.9. The number of carbonyl (C=O) groups is 2. The van der Waals surface area contributed by atoms with Crippen molar-refractivity contribution in [1.29, 1.82) is 0 Å². The van der Waals surface area contributed by atoms with E-state index in [0.717, 1.165) is 58.9 Å². The lowest BCUT2D eigenvalue weighted by Crippen LogP contribution is -2.43. The number of fused-ring (bicyclic) bond motifs is 1. The number of imidazole rings is 1. The minimum atomic E-state index is -5.08. The molecule has 10 nitrogen and oxygen atoms in total. The average molecular weight is 543 g/mol. The molecule has 2 aliphatic heterocycles. The summed E-state index contributed by atoms with van der Waals surface area (Å²) >= 11 is 0. The molecule has 208 valence electrons. The van der Waals surface area contributed by atoms with Crippen molar-refractivity contribution < 1.29 is 50.6 Å². The molecule has 4 heterocycles. The van der Waals surface area contributed by atoms with E-state index in [1.54, 1.807) is 6.26 Å². The summed E-state index contributed by atoms with van der Waals surface area (Å²) in [5, 5.41) is 14.2. The van der Waals surface area contributed by atoms with E-state index in [0.29, 0.717) is 0 Å². The van der Waals surface area contributed by atoms with Gasteiger partial charge in [0.2, 0.25) is 0 Å². The molecule has 2 N–H and O–H groups in total. The molecule has 2 aromatic heterocycles. The predicted molar refractivity (Wildman–Crippen MR) is 115 cm³/mol. The van der Waals surface area contributed by atoms with Crippen molar-refractivity contribution >= 4 is 11.9 Å². The Morgan fingerprint density at radius 3 is 1.95 bits per heavy atom. The zero-order valence-electron chi connectivity index (χ0n) is 19.8. The van der Waals surface area contributed by atoms with Crippen LogP contribution in [0.2, 0.25) is 0 Å². The van der Waals surface area contributed by atoms with Gasteiger partial charge in [0.25, 0.3) is 0 Å². The highest BCUT2D eigenvalue weighted by Crippen LogP contribution is 2.17. The number of alkyl halides is 6. The average Bonchev–Trinajstić information content (AvgIpc) is 3.44. The molecular weight excluding hydrogens is 516 g/mol. The Morgan fingerprint density at radius 1 is 0.919 bits per heavy atom. The molecule has 0 amide bonds. The van der Waals surface area contributed by atoms with E-state index in [9.17, 15) is 26.3 Å². The number of likely N-dealkylation sites (N-methyl/N-ethyl adjacent to an activating group) is 1. The number of piperazine rings is 1. The lowest BCUT2D eigenvalue weighted by Gasteiger charge is -2.31. The van der Waals surface area contributed by atoms with Crippen LogP contribution in [-0.4, -0.2) is 98.5 Å². The quantitative estimate of drug-likeness (QED) is 0.562. The molecule has 0 aromatic carbocycles. The first-order valence-corrected chi connectivity index (χ1v) is 10.9. The third-order valence-corrected chi connectivity index (χ3v) is 5.38. The molecule has 0 spiro atoms. The van der Waals surface area contributed by atoms with Crippen molar-refractivity contribution in [3.63, 3.8) is 0 Å². The lowest BCUT2D eigenvalue weighted by molar-refractivity contribution is -0.193. The van der Waals surface area contributed by atoms with Gasteiger partial charge in [0.1, 0.15) is 5.82 Å². The van der Waals surface area contributed by atoms with Gasteiger partial charge in [-0.15, -0.1) is 0 Å². The van der Waals surface area contributed by atoms with Crippen LogP contribution in [0.5, 0.6) is 0 Å². The van der Waals surface area contributed by atoms with Gasteiger partial charge in [-0.3, -0.25) is 9.80 Å². The maximum Gasteiger partial charge on any atom is 0.490 e. The van der Waals surface area contributed by atoms with Crippen molar-refractivity contribution in [1.82, 2.24) is 24.3 Å². The lowest BCUT2D eigenvalue weighted by atomic mass is 10.3. The number of nitrogens with zero attached hydrogens (tertiary/aromatic N) is 5. The SMILES string of the molecule is CN1CCN(Cc2cn3c(n2)CN(Cc2ccoc2)CC3)CC1.O=C(O)C(F)(F)F.O=C(O)C(F)(F)F. The Kier molecular flexibility index (Phi) is 10.5. The molecule has 0 atom stereocenters. The van der Waals surface area contributed by atoms with Crippen LogP contribution in [0, 0.1) is 0 Å². The van der Waals surface area contributed by atoms with E-state index in [1.807, 2.05) is 12.3 Å². The first-order chi connectivity index (χ1) is 17.1. The van der Waals surface area contributed by atoms with Gasteiger partial charge in [0, 0.05) is 64.1 Å². The Balaban J connectivity index is 0.000000286. The Labute approximate surface area is 207 Å². The second-order valence-electron chi connectivity index (χ2n) is 8.37. The van der Waals surface area contributed by atoms with Crippen molar-refractivity contribution in [3.05, 3.63) is 41.9 Å². The van der Waals surface area contributed by atoms with Crippen LogP contribution >= 0.6 is 0 Å². The highest BCUT2D eigenvalue weighted by molar-refractivity contribution is 5.73. The number of aromatic nitrogens is 2. The summed E-state index contributed by atoms with van der Waals surface area (Å²) in [7, 11) is 2.20. The normalized spacial score (nSPS) is 17.2. The number of aliphatic carboxylic acids is 2. The molecule has 16 heteroatoms. The maximum absolute atomic E-state index is 10.6. The molecule has 37 heavy (non-hydrogen) atoms. The van der Waals surface area contributed by atoms with Gasteiger partial charge >= 0.3 is 24.3 Å². The summed E-state index contributed by atoms with van der Waals surface area (Å²) in [5.41, 5.74) is 2.46. The van der Waals surface area contributed by atoms with Gasteiger partial charge < -0.3 is 24.1 Å². The highest BCUT2D eigenvalue weighted by Gasteiger charge is 2.38. The van der Waals surface area contributed by atoms with Crippen molar-refractivity contribution in [2.75, 3.05) is 39.8 Å². The molecule has 1 saturated heterocycles. The van der Waals surface area contributed by atoms with E-state index >= 15 is 0 Å². The minimum absolute atomic E-state index is 0.925. The number of halogens is 6. The standard InChI is InChI=1S/C17H25N5O.2C2HF3O2/c1-19-3-5-20(6-4-19)11-16-12-22-8-7-21(13-17(22)18-16)10-15-2-9-23-14-15;2*3-2(4,5)1(6)7/h2,9,12,14H,3-8,10-11,13H2,1H3;2*(H,6,7). The number of hydrogen-bond donors (Lipinski definition) is 2. The third-order valence-electron chi connectivity index (χ3n) is 5.38. The van der Waals surface area contributed by atoms with Crippen molar-refractivity contribution in [2.24, 2.45) is 0 Å². The number of rotatable bonds is 4. The van der Waals surface area contributed by atoms with E-state index in [1.165, 1.54) is 17.1 Å². The van der Waals surface area contributed by atoms with Gasteiger partial charge in [0.05, 0.1) is 24.8 Å². The Hall–Kier alpha value is -3.11. The summed E-state index contributed by atoms with van der Waals surface area (Å²) in [6, 6.07) is 2.04. The molecule has 0 unspecified atom stereocenters.